The molecule has 10 aromatic rings. The Balaban J connectivity index is 1.11. The van der Waals surface area contributed by atoms with Crippen LogP contribution in [0.4, 0.5) is 0 Å². The van der Waals surface area contributed by atoms with Crippen molar-refractivity contribution in [2.24, 2.45) is 9.98 Å². The maximum absolute atomic E-state index is 7.01. The minimum atomic E-state index is -0.317. The highest BCUT2D eigenvalue weighted by Gasteiger charge is 2.26. The number of nitrogens with one attached hydrogen (secondary N) is 1. The minimum absolute atomic E-state index is 0.317. The van der Waals surface area contributed by atoms with Crippen LogP contribution in [0.15, 0.2) is 196 Å². The van der Waals surface area contributed by atoms with Crippen molar-refractivity contribution in [2.45, 2.75) is 6.17 Å². The molecule has 0 aliphatic carbocycles. The lowest BCUT2D eigenvalue weighted by Gasteiger charge is -2.24. The van der Waals surface area contributed by atoms with Gasteiger partial charge in [-0.15, -0.1) is 0 Å². The molecule has 1 unspecified atom stereocenters. The minimum Gasteiger partial charge on any atom is -0.455 e. The Hall–Kier alpha value is -7.24. The molecular formula is C49H32N4O. The number of benzene rings is 8. The zero-order valence-corrected chi connectivity index (χ0v) is 29.1. The van der Waals surface area contributed by atoms with Gasteiger partial charge in [0, 0.05) is 38.2 Å². The molecule has 0 bridgehead atoms. The second-order valence-corrected chi connectivity index (χ2v) is 13.8. The topological polar surface area (TPSA) is 54.8 Å². The van der Waals surface area contributed by atoms with Crippen LogP contribution >= 0.6 is 0 Å². The molecule has 11 rings (SSSR count). The molecule has 0 saturated heterocycles. The molecule has 0 spiro atoms. The number of fused-ring (bicyclic) bond motifs is 8. The molecule has 1 aliphatic rings. The first-order valence-electron chi connectivity index (χ1n) is 18.3. The van der Waals surface area contributed by atoms with Gasteiger partial charge in [-0.1, -0.05) is 146 Å². The number of nitrogens with zero attached hydrogens (tertiary/aromatic N) is 3. The summed E-state index contributed by atoms with van der Waals surface area (Å²) in [7, 11) is 0. The van der Waals surface area contributed by atoms with Gasteiger partial charge in [-0.25, -0.2) is 9.98 Å². The first-order chi connectivity index (χ1) is 26.8. The number of furan rings is 1. The zero-order valence-electron chi connectivity index (χ0n) is 29.1. The van der Waals surface area contributed by atoms with Gasteiger partial charge in [0.05, 0.1) is 16.6 Å². The van der Waals surface area contributed by atoms with E-state index >= 15 is 0 Å². The fourth-order valence-corrected chi connectivity index (χ4v) is 8.13. The highest BCUT2D eigenvalue weighted by atomic mass is 16.3. The summed E-state index contributed by atoms with van der Waals surface area (Å²) in [6, 6.07) is 63.8. The fourth-order valence-electron chi connectivity index (χ4n) is 8.13. The standard InChI is InChI=1S/C49H32N4O/c1-3-14-33(15-4-1)47-50-48(34-16-5-2-6-17-34)52-49(51-47)41-30-29-36(44-40-28-25-31-13-7-8-18-37(31)45(40)54-46(41)44)32-23-26-35(27-24-32)53-42-21-11-9-19-38(42)39-20-10-12-22-43(39)53/h1-30,47H,(H,50,51,52). The van der Waals surface area contributed by atoms with E-state index in [1.165, 1.54) is 21.8 Å². The number of para-hydroxylation sites is 2. The quantitative estimate of drug-likeness (QED) is 0.195. The summed E-state index contributed by atoms with van der Waals surface area (Å²) < 4.78 is 9.36. The van der Waals surface area contributed by atoms with E-state index in [0.717, 1.165) is 72.1 Å². The van der Waals surface area contributed by atoms with Crippen LogP contribution in [0.1, 0.15) is 22.9 Å². The van der Waals surface area contributed by atoms with E-state index in [1.54, 1.807) is 0 Å². The maximum atomic E-state index is 7.01. The van der Waals surface area contributed by atoms with Crippen LogP contribution in [0.5, 0.6) is 0 Å². The number of amidine groups is 2. The van der Waals surface area contributed by atoms with Gasteiger partial charge in [-0.3, -0.25) is 0 Å². The summed E-state index contributed by atoms with van der Waals surface area (Å²) in [5.41, 5.74) is 10.3. The molecule has 8 aromatic carbocycles. The largest absolute Gasteiger partial charge is 0.455 e. The molecule has 5 nitrogen and oxygen atoms in total. The number of rotatable bonds is 5. The van der Waals surface area contributed by atoms with E-state index < -0.39 is 0 Å². The van der Waals surface area contributed by atoms with Crippen molar-refractivity contribution < 1.29 is 4.42 Å². The molecule has 54 heavy (non-hydrogen) atoms. The van der Waals surface area contributed by atoms with Crippen molar-refractivity contribution in [2.75, 3.05) is 0 Å². The van der Waals surface area contributed by atoms with Crippen LogP contribution in [0.2, 0.25) is 0 Å². The van der Waals surface area contributed by atoms with Gasteiger partial charge in [0.1, 0.15) is 23.2 Å². The fraction of sp³-hybridized carbons (Fsp3) is 0.0204. The number of hydrogen-bond donors (Lipinski definition) is 1. The van der Waals surface area contributed by atoms with Crippen molar-refractivity contribution in [3.63, 3.8) is 0 Å². The molecule has 0 fully saturated rings. The summed E-state index contributed by atoms with van der Waals surface area (Å²) >= 11 is 0. The van der Waals surface area contributed by atoms with Crippen molar-refractivity contribution in [1.29, 1.82) is 0 Å². The summed E-state index contributed by atoms with van der Waals surface area (Å²) in [5.74, 6) is 1.40. The summed E-state index contributed by atoms with van der Waals surface area (Å²) in [6.07, 6.45) is -0.317. The molecule has 0 radical (unpaired) electrons. The van der Waals surface area contributed by atoms with Crippen LogP contribution in [-0.4, -0.2) is 16.2 Å². The second kappa shape index (κ2) is 12.2. The monoisotopic (exact) mass is 692 g/mol. The SMILES string of the molecule is c1ccc(C2=NC(c3ccccc3)NC(c3ccc(-c4ccc(-n5c6ccccc6c6ccccc65)cc4)c4c3oc3c5ccccc5ccc34)=N2)cc1. The van der Waals surface area contributed by atoms with Crippen LogP contribution in [0.25, 0.3) is 71.3 Å². The number of hydrogen-bond acceptors (Lipinski definition) is 4. The molecule has 2 aromatic heterocycles. The molecule has 1 aliphatic heterocycles. The lowest BCUT2D eigenvalue weighted by Crippen LogP contribution is -2.33. The van der Waals surface area contributed by atoms with Crippen LogP contribution in [0.3, 0.4) is 0 Å². The van der Waals surface area contributed by atoms with Gasteiger partial charge in [0.15, 0.2) is 5.84 Å². The van der Waals surface area contributed by atoms with Gasteiger partial charge < -0.3 is 14.3 Å². The Morgan fingerprint density at radius 1 is 0.481 bits per heavy atom. The van der Waals surface area contributed by atoms with Crippen molar-refractivity contribution in [3.8, 4) is 16.8 Å². The molecule has 254 valence electrons. The third kappa shape index (κ3) is 4.79. The summed E-state index contributed by atoms with van der Waals surface area (Å²) in [4.78, 5) is 10.2. The van der Waals surface area contributed by atoms with Gasteiger partial charge in [-0.2, -0.15) is 0 Å². The van der Waals surface area contributed by atoms with E-state index in [4.69, 9.17) is 14.4 Å². The molecular weight excluding hydrogens is 661 g/mol. The number of aliphatic imine (C=N–C) groups is 2. The lowest BCUT2D eigenvalue weighted by atomic mass is 9.95. The molecule has 1 atom stereocenters. The van der Waals surface area contributed by atoms with E-state index in [1.807, 2.05) is 36.4 Å². The van der Waals surface area contributed by atoms with Gasteiger partial charge in [0.25, 0.3) is 0 Å². The van der Waals surface area contributed by atoms with Gasteiger partial charge >= 0.3 is 0 Å². The molecule has 1 N–H and O–H groups in total. The molecule has 0 amide bonds. The first kappa shape index (κ1) is 30.4. The van der Waals surface area contributed by atoms with Crippen LogP contribution in [0, 0.1) is 0 Å². The molecule has 3 heterocycles. The van der Waals surface area contributed by atoms with Crippen molar-refractivity contribution in [1.82, 2.24) is 9.88 Å². The predicted molar refractivity (Wildman–Crippen MR) is 223 cm³/mol. The smallest absolute Gasteiger partial charge is 0.159 e. The predicted octanol–water partition coefficient (Wildman–Crippen LogP) is 12.0. The lowest BCUT2D eigenvalue weighted by molar-refractivity contribution is 0.662. The van der Waals surface area contributed by atoms with E-state index in [9.17, 15) is 0 Å². The Morgan fingerprint density at radius 3 is 1.85 bits per heavy atom. The third-order valence-electron chi connectivity index (χ3n) is 10.7. The van der Waals surface area contributed by atoms with Crippen LogP contribution < -0.4 is 5.32 Å². The highest BCUT2D eigenvalue weighted by molar-refractivity contribution is 6.25. The first-order valence-corrected chi connectivity index (χ1v) is 18.3. The van der Waals surface area contributed by atoms with E-state index in [-0.39, 0.29) is 6.17 Å². The highest BCUT2D eigenvalue weighted by Crippen LogP contribution is 2.42. The van der Waals surface area contributed by atoms with Crippen molar-refractivity contribution in [3.05, 3.63) is 199 Å². The summed E-state index contributed by atoms with van der Waals surface area (Å²) in [6.45, 7) is 0. The number of aromatic nitrogens is 1. The van der Waals surface area contributed by atoms with Crippen LogP contribution in [-0.2, 0) is 0 Å². The Bertz CT molecular complexity index is 3060. The van der Waals surface area contributed by atoms with E-state index in [2.05, 4.69) is 155 Å². The maximum Gasteiger partial charge on any atom is 0.159 e. The zero-order chi connectivity index (χ0) is 35.6. The summed E-state index contributed by atoms with van der Waals surface area (Å²) in [5, 5.41) is 10.5. The third-order valence-corrected chi connectivity index (χ3v) is 10.7. The molecule has 5 heteroatoms. The average Bonchev–Trinajstić information content (AvgIpc) is 3.81. The molecule has 0 saturated carbocycles. The van der Waals surface area contributed by atoms with Gasteiger partial charge in [0.2, 0.25) is 0 Å². The van der Waals surface area contributed by atoms with E-state index in [0.29, 0.717) is 5.84 Å². The Morgan fingerprint density at radius 2 is 1.11 bits per heavy atom. The Labute approximate surface area is 311 Å². The average molecular weight is 693 g/mol. The normalized spacial score (nSPS) is 14.5. The Kier molecular flexibility index (Phi) is 6.85. The van der Waals surface area contributed by atoms with Crippen molar-refractivity contribution >= 4 is 66.2 Å². The van der Waals surface area contributed by atoms with Gasteiger partial charge in [-0.05, 0) is 58.5 Å². The second-order valence-electron chi connectivity index (χ2n) is 13.8.